The predicted molar refractivity (Wildman–Crippen MR) is 85.9 cm³/mol. The molecule has 0 radical (unpaired) electrons. The number of thioether (sulfide) groups is 2. The first-order valence-electron chi connectivity index (χ1n) is 6.89. The van der Waals surface area contributed by atoms with Crippen molar-refractivity contribution in [3.8, 4) is 0 Å². The average molecular weight is 292 g/mol. The Morgan fingerprint density at radius 3 is 2.50 bits per heavy atom. The van der Waals surface area contributed by atoms with Gasteiger partial charge in [-0.3, -0.25) is 0 Å². The minimum Gasteiger partial charge on any atom is -0.379 e. The molecule has 1 N–H and O–H groups in total. The van der Waals surface area contributed by atoms with Crippen LogP contribution in [0.1, 0.15) is 40.5 Å². The van der Waals surface area contributed by atoms with Crippen LogP contribution in [0.2, 0.25) is 0 Å². The lowest BCUT2D eigenvalue weighted by Gasteiger charge is -2.37. The van der Waals surface area contributed by atoms with Gasteiger partial charge in [0.1, 0.15) is 0 Å². The Balaban J connectivity index is 2.46. The lowest BCUT2D eigenvalue weighted by Crippen LogP contribution is -2.42. The molecule has 0 spiro atoms. The standard InChI is InChI=1S/C14H29NOS2/c1-10-11(2)18-13(9-17-10)12(15-5)7-8-14(3,4)16-6/h10-13,15H,7-9H2,1-6H3. The summed E-state index contributed by atoms with van der Waals surface area (Å²) in [7, 11) is 3.90. The monoisotopic (exact) mass is 291 g/mol. The van der Waals surface area contributed by atoms with Crippen LogP contribution in [0.5, 0.6) is 0 Å². The van der Waals surface area contributed by atoms with Crippen LogP contribution in [0.15, 0.2) is 0 Å². The molecular weight excluding hydrogens is 262 g/mol. The summed E-state index contributed by atoms with van der Waals surface area (Å²) in [5.41, 5.74) is 0.000480. The molecule has 0 aromatic carbocycles. The minimum atomic E-state index is 0.000480. The zero-order valence-electron chi connectivity index (χ0n) is 12.7. The molecule has 4 unspecified atom stereocenters. The fraction of sp³-hybridized carbons (Fsp3) is 1.00. The van der Waals surface area contributed by atoms with Gasteiger partial charge in [0.25, 0.3) is 0 Å². The van der Waals surface area contributed by atoms with Crippen molar-refractivity contribution in [1.29, 1.82) is 0 Å². The van der Waals surface area contributed by atoms with Gasteiger partial charge in [-0.15, -0.1) is 0 Å². The van der Waals surface area contributed by atoms with E-state index in [0.29, 0.717) is 6.04 Å². The topological polar surface area (TPSA) is 21.3 Å². The van der Waals surface area contributed by atoms with Crippen molar-refractivity contribution < 1.29 is 4.74 Å². The summed E-state index contributed by atoms with van der Waals surface area (Å²) in [4.78, 5) is 0. The quantitative estimate of drug-likeness (QED) is 0.809. The Morgan fingerprint density at radius 1 is 1.33 bits per heavy atom. The molecule has 1 fully saturated rings. The molecule has 108 valence electrons. The predicted octanol–water partition coefficient (Wildman–Crippen LogP) is 3.41. The number of nitrogens with one attached hydrogen (secondary N) is 1. The third-order valence-corrected chi connectivity index (χ3v) is 7.55. The number of ether oxygens (including phenoxy) is 1. The maximum absolute atomic E-state index is 5.52. The van der Waals surface area contributed by atoms with Crippen LogP contribution in [0, 0.1) is 0 Å². The number of hydrogen-bond donors (Lipinski definition) is 1. The molecule has 2 nitrogen and oxygen atoms in total. The molecule has 0 aromatic rings. The molecule has 0 bridgehead atoms. The summed E-state index contributed by atoms with van der Waals surface area (Å²) < 4.78 is 5.52. The Hall–Kier alpha value is 0.620. The maximum Gasteiger partial charge on any atom is 0.0623 e. The second kappa shape index (κ2) is 7.41. The Kier molecular flexibility index (Phi) is 6.87. The highest BCUT2D eigenvalue weighted by atomic mass is 32.2. The summed E-state index contributed by atoms with van der Waals surface area (Å²) in [6, 6.07) is 0.604. The summed E-state index contributed by atoms with van der Waals surface area (Å²) in [5, 5.41) is 5.80. The van der Waals surface area contributed by atoms with E-state index in [9.17, 15) is 0 Å². The van der Waals surface area contributed by atoms with E-state index >= 15 is 0 Å². The minimum absolute atomic E-state index is 0.000480. The van der Waals surface area contributed by atoms with Crippen molar-refractivity contribution >= 4 is 23.5 Å². The van der Waals surface area contributed by atoms with E-state index in [-0.39, 0.29) is 5.60 Å². The van der Waals surface area contributed by atoms with E-state index < -0.39 is 0 Å². The van der Waals surface area contributed by atoms with Crippen LogP contribution >= 0.6 is 23.5 Å². The highest BCUT2D eigenvalue weighted by Gasteiger charge is 2.31. The van der Waals surface area contributed by atoms with Gasteiger partial charge in [0.15, 0.2) is 0 Å². The van der Waals surface area contributed by atoms with Gasteiger partial charge in [-0.2, -0.15) is 23.5 Å². The highest BCUT2D eigenvalue weighted by molar-refractivity contribution is 8.07. The van der Waals surface area contributed by atoms with E-state index in [1.807, 2.05) is 7.11 Å². The van der Waals surface area contributed by atoms with Gasteiger partial charge in [-0.05, 0) is 33.7 Å². The molecule has 1 aliphatic rings. The number of methoxy groups -OCH3 is 1. The molecular formula is C14H29NOS2. The number of rotatable bonds is 6. The summed E-state index contributed by atoms with van der Waals surface area (Å²) >= 11 is 4.29. The van der Waals surface area contributed by atoms with Crippen molar-refractivity contribution in [2.45, 2.75) is 67.9 Å². The van der Waals surface area contributed by atoms with Gasteiger partial charge >= 0.3 is 0 Å². The van der Waals surface area contributed by atoms with Crippen LogP contribution in [0.25, 0.3) is 0 Å². The van der Waals surface area contributed by atoms with Crippen LogP contribution in [-0.4, -0.2) is 47.3 Å². The zero-order chi connectivity index (χ0) is 13.8. The third kappa shape index (κ3) is 4.95. The van der Waals surface area contributed by atoms with E-state index in [2.05, 4.69) is 63.6 Å². The Bertz CT molecular complexity index is 248. The van der Waals surface area contributed by atoms with Crippen LogP contribution < -0.4 is 5.32 Å². The molecule has 1 heterocycles. The van der Waals surface area contributed by atoms with Crippen molar-refractivity contribution in [2.75, 3.05) is 19.9 Å². The van der Waals surface area contributed by atoms with Crippen LogP contribution in [0.3, 0.4) is 0 Å². The molecule has 1 saturated heterocycles. The van der Waals surface area contributed by atoms with E-state index in [0.717, 1.165) is 22.2 Å². The van der Waals surface area contributed by atoms with Gasteiger partial charge in [-0.25, -0.2) is 0 Å². The second-order valence-electron chi connectivity index (χ2n) is 5.82. The molecule has 4 heteroatoms. The molecule has 1 rings (SSSR count). The number of hydrogen-bond acceptors (Lipinski definition) is 4. The molecule has 0 amide bonds. The van der Waals surface area contributed by atoms with Gasteiger partial charge in [0, 0.05) is 34.7 Å². The largest absolute Gasteiger partial charge is 0.379 e. The first-order valence-corrected chi connectivity index (χ1v) is 8.88. The van der Waals surface area contributed by atoms with Crippen LogP contribution in [0.4, 0.5) is 0 Å². The molecule has 0 aliphatic carbocycles. The van der Waals surface area contributed by atoms with Crippen LogP contribution in [-0.2, 0) is 4.74 Å². The molecule has 0 aromatic heterocycles. The molecule has 0 saturated carbocycles. The van der Waals surface area contributed by atoms with Gasteiger partial charge in [-0.1, -0.05) is 13.8 Å². The molecule has 18 heavy (non-hydrogen) atoms. The van der Waals surface area contributed by atoms with Crippen molar-refractivity contribution in [3.05, 3.63) is 0 Å². The first-order chi connectivity index (χ1) is 8.39. The summed E-state index contributed by atoms with van der Waals surface area (Å²) in [6.07, 6.45) is 2.30. The Morgan fingerprint density at radius 2 is 2.00 bits per heavy atom. The zero-order valence-corrected chi connectivity index (χ0v) is 14.3. The Labute approximate surface area is 121 Å². The SMILES string of the molecule is CNC(CCC(C)(C)OC)C1CSC(C)C(C)S1. The third-order valence-electron chi connectivity index (χ3n) is 4.00. The summed E-state index contributed by atoms with van der Waals surface area (Å²) in [5.74, 6) is 1.27. The van der Waals surface area contributed by atoms with Gasteiger partial charge < -0.3 is 10.1 Å². The fourth-order valence-electron chi connectivity index (χ4n) is 2.14. The van der Waals surface area contributed by atoms with Gasteiger partial charge in [0.05, 0.1) is 5.60 Å². The normalized spacial score (nSPS) is 31.3. The van der Waals surface area contributed by atoms with Crippen molar-refractivity contribution in [2.24, 2.45) is 0 Å². The van der Waals surface area contributed by atoms with Crippen molar-refractivity contribution in [3.63, 3.8) is 0 Å². The average Bonchev–Trinajstić information content (AvgIpc) is 2.34. The highest BCUT2D eigenvalue weighted by Crippen LogP contribution is 2.38. The lowest BCUT2D eigenvalue weighted by molar-refractivity contribution is 0.0119. The van der Waals surface area contributed by atoms with E-state index in [1.165, 1.54) is 12.2 Å². The smallest absolute Gasteiger partial charge is 0.0623 e. The summed E-state index contributed by atoms with van der Waals surface area (Å²) in [6.45, 7) is 9.06. The lowest BCUT2D eigenvalue weighted by atomic mass is 9.97. The second-order valence-corrected chi connectivity index (χ2v) is 8.85. The van der Waals surface area contributed by atoms with Crippen molar-refractivity contribution in [1.82, 2.24) is 5.32 Å². The van der Waals surface area contributed by atoms with E-state index in [4.69, 9.17) is 4.74 Å². The molecule has 1 aliphatic heterocycles. The van der Waals surface area contributed by atoms with E-state index in [1.54, 1.807) is 0 Å². The first kappa shape index (κ1) is 16.7. The molecule has 4 atom stereocenters. The fourth-order valence-corrected chi connectivity index (χ4v) is 5.35. The maximum atomic E-state index is 5.52. The van der Waals surface area contributed by atoms with Gasteiger partial charge in [0.2, 0.25) is 0 Å².